The maximum atomic E-state index is 13.8. The first-order valence-corrected chi connectivity index (χ1v) is 15.9. The van der Waals surface area contributed by atoms with Gasteiger partial charge < -0.3 is 33.5 Å². The van der Waals surface area contributed by atoms with E-state index < -0.39 is 24.4 Å². The second-order valence-corrected chi connectivity index (χ2v) is 13.0. The predicted octanol–water partition coefficient (Wildman–Crippen LogP) is 4.01. The smallest absolute Gasteiger partial charge is 0.306 e. The van der Waals surface area contributed by atoms with Gasteiger partial charge in [0, 0.05) is 33.2 Å². The Labute approximate surface area is 250 Å². The van der Waals surface area contributed by atoms with Crippen LogP contribution in [0.5, 0.6) is 0 Å². The van der Waals surface area contributed by atoms with Crippen molar-refractivity contribution in [2.45, 2.75) is 115 Å². The quantitative estimate of drug-likeness (QED) is 0.363. The minimum Gasteiger partial charge on any atom is -0.462 e. The molecule has 2 aliphatic heterocycles. The molecule has 9 heteroatoms. The van der Waals surface area contributed by atoms with Crippen molar-refractivity contribution in [3.63, 3.8) is 0 Å². The number of carbonyl (C=O) groups is 2. The molecule has 2 saturated heterocycles. The molecule has 5 aliphatic rings. The fourth-order valence-electron chi connectivity index (χ4n) is 8.31. The lowest BCUT2D eigenvalue weighted by Crippen LogP contribution is -2.59. The normalized spacial score (nSPS) is 46.1. The molecular weight excluding hydrogens is 540 g/mol. The molecule has 0 radical (unpaired) electrons. The minimum atomic E-state index is -0.706. The van der Waals surface area contributed by atoms with Gasteiger partial charge in [0.25, 0.3) is 0 Å². The summed E-state index contributed by atoms with van der Waals surface area (Å²) in [4.78, 5) is 26.9. The molecule has 0 aromatic heterocycles. The zero-order chi connectivity index (χ0) is 30.1. The Balaban J connectivity index is 1.34. The van der Waals surface area contributed by atoms with Crippen LogP contribution in [0.3, 0.4) is 0 Å². The zero-order valence-corrected chi connectivity index (χ0v) is 26.0. The maximum Gasteiger partial charge on any atom is 0.306 e. The third-order valence-electron chi connectivity index (χ3n) is 10.7. The van der Waals surface area contributed by atoms with E-state index in [2.05, 4.69) is 18.2 Å². The second kappa shape index (κ2) is 13.6. The highest BCUT2D eigenvalue weighted by molar-refractivity contribution is 5.99. The summed E-state index contributed by atoms with van der Waals surface area (Å²) in [7, 11) is 4.93. The lowest BCUT2D eigenvalue weighted by molar-refractivity contribution is -0.314. The van der Waals surface area contributed by atoms with Gasteiger partial charge in [-0.25, -0.2) is 0 Å². The number of hydrogen-bond donors (Lipinski definition) is 1. The van der Waals surface area contributed by atoms with Gasteiger partial charge in [-0.15, -0.1) is 0 Å². The van der Waals surface area contributed by atoms with E-state index in [0.717, 1.165) is 25.7 Å². The van der Waals surface area contributed by atoms with Crippen molar-refractivity contribution in [3.05, 3.63) is 23.8 Å². The molecule has 1 N–H and O–H groups in total. The lowest BCUT2D eigenvalue weighted by atomic mass is 9.70. The molecule has 2 heterocycles. The summed E-state index contributed by atoms with van der Waals surface area (Å²) in [6, 6.07) is 0. The van der Waals surface area contributed by atoms with E-state index in [1.807, 2.05) is 20.8 Å². The van der Waals surface area contributed by atoms with E-state index in [0.29, 0.717) is 24.3 Å². The lowest BCUT2D eigenvalue weighted by Gasteiger charge is -2.44. The van der Waals surface area contributed by atoms with E-state index >= 15 is 0 Å². The first kappa shape index (κ1) is 31.8. The van der Waals surface area contributed by atoms with Crippen LogP contribution in [0.1, 0.15) is 65.7 Å². The molecule has 0 aromatic rings. The van der Waals surface area contributed by atoms with E-state index in [1.165, 1.54) is 0 Å². The van der Waals surface area contributed by atoms with Crippen molar-refractivity contribution in [2.24, 2.45) is 35.5 Å². The average Bonchev–Trinajstić information content (AvgIpc) is 3.55. The molecule has 9 nitrogen and oxygen atoms in total. The first-order chi connectivity index (χ1) is 20.2. The molecule has 3 fully saturated rings. The monoisotopic (exact) mass is 590 g/mol. The summed E-state index contributed by atoms with van der Waals surface area (Å²) in [6.45, 7) is 5.80. The Bertz CT molecular complexity index is 1020. The highest BCUT2D eigenvalue weighted by atomic mass is 16.7. The molecule has 0 aromatic carbocycles. The third kappa shape index (κ3) is 6.15. The number of Topliss-reactive ketones (excluding diaryl/α,β-unsaturated/α-hetero) is 1. The molecule has 0 amide bonds. The van der Waals surface area contributed by atoms with Crippen molar-refractivity contribution in [1.82, 2.24) is 0 Å². The van der Waals surface area contributed by atoms with Gasteiger partial charge >= 0.3 is 5.97 Å². The van der Waals surface area contributed by atoms with Gasteiger partial charge in [-0.2, -0.15) is 0 Å². The molecular formula is C33H50O9. The summed E-state index contributed by atoms with van der Waals surface area (Å²) >= 11 is 0. The number of hydrogen-bond acceptors (Lipinski definition) is 9. The number of allylic oxidation sites excluding steroid dienone is 4. The van der Waals surface area contributed by atoms with Crippen LogP contribution < -0.4 is 0 Å². The summed E-state index contributed by atoms with van der Waals surface area (Å²) < 4.78 is 35.9. The average molecular weight is 591 g/mol. The van der Waals surface area contributed by atoms with Crippen LogP contribution in [-0.4, -0.2) is 87.2 Å². The van der Waals surface area contributed by atoms with E-state index in [1.54, 1.807) is 21.3 Å². The van der Waals surface area contributed by atoms with Gasteiger partial charge in [-0.3, -0.25) is 9.59 Å². The number of aliphatic hydroxyl groups excluding tert-OH is 1. The van der Waals surface area contributed by atoms with Gasteiger partial charge in [0.05, 0.1) is 24.7 Å². The standard InChI is InChI=1S/C33H50O9/c1-7-20-9-8-10-27(34)17(2)29(36)26-15-24-22(25(26)16-28(35)41-20)12-11-19-13-21(14-23(19)24)42-33-32(39-6)31(38-5)30(37-4)18(3)40-33/h11-12,15,17-25,27,30-34H,7-10,13-14,16H2,1-6H3/t17-,18+,19-,20+,21-,22-,23-,24-,25+,27+,30+,31-,32-,33+/m0/s1. The first-order valence-electron chi connectivity index (χ1n) is 15.9. The molecule has 0 unspecified atom stereocenters. The number of ether oxygens (including phenoxy) is 6. The van der Waals surface area contributed by atoms with Crippen molar-refractivity contribution >= 4 is 11.8 Å². The summed E-state index contributed by atoms with van der Waals surface area (Å²) in [6.07, 6.45) is 8.39. The fourth-order valence-corrected chi connectivity index (χ4v) is 8.31. The number of cyclic esters (lactones) is 1. The largest absolute Gasteiger partial charge is 0.462 e. The minimum absolute atomic E-state index is 0.0381. The van der Waals surface area contributed by atoms with Crippen molar-refractivity contribution in [2.75, 3.05) is 21.3 Å². The number of esters is 1. The molecule has 5 rings (SSSR count). The number of fused-ring (bicyclic) bond motifs is 5. The number of rotatable bonds is 6. The van der Waals surface area contributed by atoms with Crippen LogP contribution in [0.4, 0.5) is 0 Å². The topological polar surface area (TPSA) is 110 Å². The van der Waals surface area contributed by atoms with Crippen molar-refractivity contribution in [3.8, 4) is 0 Å². The third-order valence-corrected chi connectivity index (χ3v) is 10.7. The Hall–Kier alpha value is -1.62. The number of ketones is 1. The predicted molar refractivity (Wildman–Crippen MR) is 154 cm³/mol. The fraction of sp³-hybridized carbons (Fsp3) is 0.818. The van der Waals surface area contributed by atoms with E-state index in [-0.39, 0.29) is 72.4 Å². The van der Waals surface area contributed by atoms with E-state index in [4.69, 9.17) is 28.4 Å². The SMILES string of the molecule is CC[C@@H]1CCC[C@@H](O)[C@H](C)C(=O)C2=C[C@H]3[C@H](C=C[C@H]4C[C@H](O[C@H]5O[C@H](C)[C@@H](OC)[C@H](OC)[C@@H]5OC)C[C@H]34)[C@H]2CC(=O)O1. The highest BCUT2D eigenvalue weighted by Crippen LogP contribution is 2.54. The van der Waals surface area contributed by atoms with Gasteiger partial charge in [0.2, 0.25) is 0 Å². The van der Waals surface area contributed by atoms with Crippen molar-refractivity contribution in [1.29, 1.82) is 0 Å². The Kier molecular flexibility index (Phi) is 10.3. The zero-order valence-electron chi connectivity index (χ0n) is 26.0. The van der Waals surface area contributed by atoms with Crippen LogP contribution in [0.25, 0.3) is 0 Å². The summed E-state index contributed by atoms with van der Waals surface area (Å²) in [5.41, 5.74) is 0.689. The maximum absolute atomic E-state index is 13.8. The van der Waals surface area contributed by atoms with Crippen LogP contribution in [0, 0.1) is 35.5 Å². The molecule has 236 valence electrons. The van der Waals surface area contributed by atoms with Gasteiger partial charge in [0.1, 0.15) is 24.4 Å². The van der Waals surface area contributed by atoms with Gasteiger partial charge in [-0.1, -0.05) is 32.1 Å². The van der Waals surface area contributed by atoms with Gasteiger partial charge in [0.15, 0.2) is 12.1 Å². The number of carbonyl (C=O) groups excluding carboxylic acids is 2. The summed E-state index contributed by atoms with van der Waals surface area (Å²) in [5, 5.41) is 10.9. The molecule has 1 saturated carbocycles. The molecule has 14 atom stereocenters. The molecule has 0 bridgehead atoms. The van der Waals surface area contributed by atoms with Gasteiger partial charge in [-0.05, 0) is 74.7 Å². The molecule has 0 spiro atoms. The Morgan fingerprint density at radius 2 is 1.69 bits per heavy atom. The second-order valence-electron chi connectivity index (χ2n) is 13.0. The van der Waals surface area contributed by atoms with E-state index in [9.17, 15) is 14.7 Å². The van der Waals surface area contributed by atoms with Crippen LogP contribution in [0.2, 0.25) is 0 Å². The van der Waals surface area contributed by atoms with Crippen LogP contribution in [-0.2, 0) is 38.0 Å². The number of aliphatic hydroxyl groups is 1. The summed E-state index contributed by atoms with van der Waals surface area (Å²) in [5.74, 6) is -0.278. The molecule has 3 aliphatic carbocycles. The Morgan fingerprint density at radius 3 is 2.38 bits per heavy atom. The highest BCUT2D eigenvalue weighted by Gasteiger charge is 2.52. The van der Waals surface area contributed by atoms with Crippen molar-refractivity contribution < 1.29 is 43.1 Å². The van der Waals surface area contributed by atoms with Crippen LogP contribution >= 0.6 is 0 Å². The van der Waals surface area contributed by atoms with Crippen LogP contribution in [0.15, 0.2) is 23.8 Å². The number of methoxy groups -OCH3 is 3. The molecule has 42 heavy (non-hydrogen) atoms. The Morgan fingerprint density at radius 1 is 0.952 bits per heavy atom.